The maximum atomic E-state index is 12.7. The Morgan fingerprint density at radius 1 is 1.54 bits per heavy atom. The van der Waals surface area contributed by atoms with Crippen molar-refractivity contribution < 1.29 is 9.13 Å². The fraction of sp³-hybridized carbons (Fsp3) is 0.500. The van der Waals surface area contributed by atoms with Crippen LogP contribution >= 0.6 is 0 Å². The van der Waals surface area contributed by atoms with Crippen LogP contribution in [0.2, 0.25) is 0 Å². The second-order valence-corrected chi connectivity index (χ2v) is 3.25. The molecule has 1 aliphatic carbocycles. The van der Waals surface area contributed by atoms with Crippen LogP contribution in [0.15, 0.2) is 12.1 Å². The van der Waals surface area contributed by atoms with Gasteiger partial charge in [0, 0.05) is 0 Å². The van der Waals surface area contributed by atoms with Gasteiger partial charge >= 0.3 is 0 Å². The number of pyridine rings is 1. The highest BCUT2D eigenvalue weighted by atomic mass is 19.1. The van der Waals surface area contributed by atoms with Gasteiger partial charge in [0.05, 0.1) is 11.8 Å². The van der Waals surface area contributed by atoms with E-state index in [9.17, 15) is 4.39 Å². The first-order chi connectivity index (χ1) is 6.29. The lowest BCUT2D eigenvalue weighted by Crippen LogP contribution is -2.02. The normalized spacial score (nSPS) is 15.8. The van der Waals surface area contributed by atoms with Gasteiger partial charge in [-0.15, -0.1) is 0 Å². The second kappa shape index (κ2) is 3.32. The smallest absolute Gasteiger partial charge is 0.213 e. The first kappa shape index (κ1) is 8.48. The molecule has 0 N–H and O–H groups in total. The van der Waals surface area contributed by atoms with Crippen LogP contribution in [0, 0.1) is 5.95 Å². The van der Waals surface area contributed by atoms with E-state index in [1.165, 1.54) is 6.07 Å². The summed E-state index contributed by atoms with van der Waals surface area (Å²) < 4.78 is 18.3. The highest BCUT2D eigenvalue weighted by molar-refractivity contribution is 5.27. The number of aromatic nitrogens is 1. The minimum absolute atomic E-state index is 0.345. The molecule has 2 rings (SSSR count). The van der Waals surface area contributed by atoms with Crippen molar-refractivity contribution in [3.63, 3.8) is 0 Å². The summed E-state index contributed by atoms with van der Waals surface area (Å²) in [5.74, 6) is 0.311. The standard InChI is InChI=1S/C10H12FNO/c1-2-8-9(13-7-3-4-7)5-6-10(11)12-8/h5-7H,2-4H2,1H3. The molecule has 1 aromatic rings. The van der Waals surface area contributed by atoms with Gasteiger partial charge in [-0.1, -0.05) is 6.92 Å². The predicted molar refractivity (Wildman–Crippen MR) is 47.2 cm³/mol. The lowest BCUT2D eigenvalue weighted by atomic mass is 10.2. The molecule has 1 heterocycles. The molecule has 0 radical (unpaired) electrons. The molecule has 70 valence electrons. The van der Waals surface area contributed by atoms with Crippen molar-refractivity contribution in [3.8, 4) is 5.75 Å². The van der Waals surface area contributed by atoms with E-state index in [0.717, 1.165) is 18.6 Å². The predicted octanol–water partition coefficient (Wildman–Crippen LogP) is 2.32. The van der Waals surface area contributed by atoms with Gasteiger partial charge in [-0.2, -0.15) is 4.39 Å². The summed E-state index contributed by atoms with van der Waals surface area (Å²) in [6.45, 7) is 1.95. The molecule has 0 saturated heterocycles. The van der Waals surface area contributed by atoms with Gasteiger partial charge in [-0.25, -0.2) is 4.98 Å². The molecule has 0 amide bonds. The van der Waals surface area contributed by atoms with Crippen LogP contribution < -0.4 is 4.74 Å². The van der Waals surface area contributed by atoms with E-state index in [1.54, 1.807) is 6.07 Å². The number of rotatable bonds is 3. The summed E-state index contributed by atoms with van der Waals surface area (Å²) in [6, 6.07) is 3.01. The average Bonchev–Trinajstić information content (AvgIpc) is 2.92. The number of ether oxygens (including phenoxy) is 1. The van der Waals surface area contributed by atoms with Crippen LogP contribution in [-0.2, 0) is 6.42 Å². The SMILES string of the molecule is CCc1nc(F)ccc1OC1CC1. The second-order valence-electron chi connectivity index (χ2n) is 3.25. The van der Waals surface area contributed by atoms with Crippen LogP contribution in [0.5, 0.6) is 5.75 Å². The molecule has 2 nitrogen and oxygen atoms in total. The summed E-state index contributed by atoms with van der Waals surface area (Å²) >= 11 is 0. The van der Waals surface area contributed by atoms with Crippen LogP contribution in [0.4, 0.5) is 4.39 Å². The molecule has 0 spiro atoms. The molecule has 1 aromatic heterocycles. The Morgan fingerprint density at radius 3 is 2.92 bits per heavy atom. The third-order valence-electron chi connectivity index (χ3n) is 2.05. The van der Waals surface area contributed by atoms with Gasteiger partial charge in [-0.05, 0) is 31.4 Å². The molecule has 1 saturated carbocycles. The maximum Gasteiger partial charge on any atom is 0.213 e. The fourth-order valence-corrected chi connectivity index (χ4v) is 1.19. The molecule has 0 aromatic carbocycles. The number of hydrogen-bond acceptors (Lipinski definition) is 2. The van der Waals surface area contributed by atoms with Crippen molar-refractivity contribution in [1.29, 1.82) is 0 Å². The summed E-state index contributed by atoms with van der Waals surface area (Å²) in [7, 11) is 0. The van der Waals surface area contributed by atoms with Gasteiger partial charge in [-0.3, -0.25) is 0 Å². The molecule has 1 fully saturated rings. The third-order valence-corrected chi connectivity index (χ3v) is 2.05. The minimum Gasteiger partial charge on any atom is -0.489 e. The lowest BCUT2D eigenvalue weighted by molar-refractivity contribution is 0.297. The van der Waals surface area contributed by atoms with Crippen molar-refractivity contribution in [1.82, 2.24) is 4.98 Å². The van der Waals surface area contributed by atoms with Gasteiger partial charge in [0.2, 0.25) is 5.95 Å². The van der Waals surface area contributed by atoms with Gasteiger partial charge in [0.25, 0.3) is 0 Å². The van der Waals surface area contributed by atoms with E-state index in [-0.39, 0.29) is 0 Å². The monoisotopic (exact) mass is 181 g/mol. The Morgan fingerprint density at radius 2 is 2.31 bits per heavy atom. The van der Waals surface area contributed by atoms with E-state index in [2.05, 4.69) is 4.98 Å². The van der Waals surface area contributed by atoms with Gasteiger partial charge in [0.15, 0.2) is 0 Å². The Bertz CT molecular complexity index is 310. The number of nitrogens with zero attached hydrogens (tertiary/aromatic N) is 1. The summed E-state index contributed by atoms with van der Waals surface area (Å²) in [5.41, 5.74) is 0.715. The molecule has 0 atom stereocenters. The molecule has 1 aliphatic rings. The first-order valence-electron chi connectivity index (χ1n) is 4.61. The zero-order valence-corrected chi connectivity index (χ0v) is 7.59. The van der Waals surface area contributed by atoms with E-state index in [0.29, 0.717) is 18.2 Å². The van der Waals surface area contributed by atoms with Crippen molar-refractivity contribution >= 4 is 0 Å². The first-order valence-corrected chi connectivity index (χ1v) is 4.61. The molecule has 13 heavy (non-hydrogen) atoms. The summed E-state index contributed by atoms with van der Waals surface area (Å²) in [6.07, 6.45) is 3.28. The van der Waals surface area contributed by atoms with Crippen molar-refractivity contribution in [2.45, 2.75) is 32.3 Å². The Labute approximate surface area is 76.7 Å². The van der Waals surface area contributed by atoms with Crippen molar-refractivity contribution in [3.05, 3.63) is 23.8 Å². The largest absolute Gasteiger partial charge is 0.489 e. The fourth-order valence-electron chi connectivity index (χ4n) is 1.19. The quantitative estimate of drug-likeness (QED) is 0.667. The number of aryl methyl sites for hydroxylation is 1. The zero-order valence-electron chi connectivity index (χ0n) is 7.59. The summed E-state index contributed by atoms with van der Waals surface area (Å²) in [5, 5.41) is 0. The number of hydrogen-bond donors (Lipinski definition) is 0. The van der Waals surface area contributed by atoms with Gasteiger partial charge in [0.1, 0.15) is 5.75 Å². The van der Waals surface area contributed by atoms with Gasteiger partial charge < -0.3 is 4.74 Å². The van der Waals surface area contributed by atoms with E-state index >= 15 is 0 Å². The van der Waals surface area contributed by atoms with Crippen LogP contribution in [0.3, 0.4) is 0 Å². The van der Waals surface area contributed by atoms with Crippen molar-refractivity contribution in [2.24, 2.45) is 0 Å². The van der Waals surface area contributed by atoms with Crippen LogP contribution in [0.25, 0.3) is 0 Å². The maximum absolute atomic E-state index is 12.7. The molecule has 0 aliphatic heterocycles. The van der Waals surface area contributed by atoms with Crippen molar-refractivity contribution in [2.75, 3.05) is 0 Å². The lowest BCUT2D eigenvalue weighted by Gasteiger charge is -2.07. The molecular formula is C10H12FNO. The van der Waals surface area contributed by atoms with Crippen LogP contribution in [-0.4, -0.2) is 11.1 Å². The van der Waals surface area contributed by atoms with Crippen LogP contribution in [0.1, 0.15) is 25.5 Å². The summed E-state index contributed by atoms with van der Waals surface area (Å²) in [4.78, 5) is 3.78. The van der Waals surface area contributed by atoms with E-state index < -0.39 is 5.95 Å². The molecule has 3 heteroatoms. The zero-order chi connectivity index (χ0) is 9.26. The molecule has 0 bridgehead atoms. The third kappa shape index (κ3) is 1.97. The highest BCUT2D eigenvalue weighted by Crippen LogP contribution is 2.28. The Kier molecular flexibility index (Phi) is 2.17. The Hall–Kier alpha value is -1.12. The Balaban J connectivity index is 2.21. The molecule has 0 unspecified atom stereocenters. The number of halogens is 1. The minimum atomic E-state index is -0.431. The van der Waals surface area contributed by atoms with E-state index in [4.69, 9.17) is 4.74 Å². The van der Waals surface area contributed by atoms with E-state index in [1.807, 2.05) is 6.92 Å². The average molecular weight is 181 g/mol. The highest BCUT2D eigenvalue weighted by Gasteiger charge is 2.24. The molecular weight excluding hydrogens is 169 g/mol. The topological polar surface area (TPSA) is 22.1 Å².